The molecule has 0 atom stereocenters. The van der Waals surface area contributed by atoms with Gasteiger partial charge in [-0.1, -0.05) is 0 Å². The Labute approximate surface area is 47.3 Å². The Morgan fingerprint density at radius 3 is 2.62 bits per heavy atom. The van der Waals surface area contributed by atoms with Crippen molar-refractivity contribution in [1.29, 1.82) is 0 Å². The molecule has 0 aromatic carbocycles. The van der Waals surface area contributed by atoms with E-state index in [0.717, 1.165) is 0 Å². The first-order chi connectivity index (χ1) is 3.81. The molecule has 0 aromatic heterocycles. The molecule has 0 aliphatic rings. The van der Waals surface area contributed by atoms with Crippen LogP contribution in [-0.2, 0) is 4.79 Å². The van der Waals surface area contributed by atoms with Gasteiger partial charge in [-0.3, -0.25) is 4.79 Å². The summed E-state index contributed by atoms with van der Waals surface area (Å²) < 4.78 is 0. The van der Waals surface area contributed by atoms with E-state index in [2.05, 4.69) is 0 Å². The SMILES string of the molecule is O=CC(O)=CCCO. The number of hydrogen-bond donors (Lipinski definition) is 2. The van der Waals surface area contributed by atoms with E-state index in [1.165, 1.54) is 6.08 Å². The van der Waals surface area contributed by atoms with E-state index in [1.807, 2.05) is 0 Å². The molecule has 0 aliphatic heterocycles. The van der Waals surface area contributed by atoms with Gasteiger partial charge in [0.25, 0.3) is 0 Å². The molecule has 0 fully saturated rings. The van der Waals surface area contributed by atoms with E-state index in [1.54, 1.807) is 0 Å². The van der Waals surface area contributed by atoms with E-state index in [0.29, 0.717) is 12.7 Å². The zero-order valence-corrected chi connectivity index (χ0v) is 4.37. The summed E-state index contributed by atoms with van der Waals surface area (Å²) in [5, 5.41) is 16.5. The van der Waals surface area contributed by atoms with Crippen molar-refractivity contribution < 1.29 is 15.0 Å². The summed E-state index contributed by atoms with van der Waals surface area (Å²) in [6.07, 6.45) is 1.91. The zero-order chi connectivity index (χ0) is 6.41. The van der Waals surface area contributed by atoms with Gasteiger partial charge in [-0.2, -0.15) is 0 Å². The molecule has 0 saturated heterocycles. The van der Waals surface area contributed by atoms with Crippen LogP contribution in [0.15, 0.2) is 11.8 Å². The molecular formula is C5H8O3. The summed E-state index contributed by atoms with van der Waals surface area (Å²) in [4.78, 5) is 9.61. The van der Waals surface area contributed by atoms with Crippen molar-refractivity contribution >= 4 is 6.29 Å². The van der Waals surface area contributed by atoms with Crippen LogP contribution in [0.4, 0.5) is 0 Å². The standard InChI is InChI=1S/C5H8O3/c6-3-1-2-5(8)4-7/h2,4,6,8H,1,3H2. The third-order valence-electron chi connectivity index (χ3n) is 0.603. The van der Waals surface area contributed by atoms with Gasteiger partial charge in [-0.05, 0) is 12.5 Å². The topological polar surface area (TPSA) is 57.5 Å². The van der Waals surface area contributed by atoms with Crippen LogP contribution >= 0.6 is 0 Å². The third kappa shape index (κ3) is 3.36. The fourth-order valence-electron chi connectivity index (χ4n) is 0.261. The van der Waals surface area contributed by atoms with Crippen molar-refractivity contribution in [1.82, 2.24) is 0 Å². The monoisotopic (exact) mass is 116 g/mol. The Morgan fingerprint density at radius 2 is 2.25 bits per heavy atom. The maximum atomic E-state index is 9.61. The molecule has 2 N–H and O–H groups in total. The van der Waals surface area contributed by atoms with Crippen molar-refractivity contribution in [3.05, 3.63) is 11.8 Å². The van der Waals surface area contributed by atoms with Gasteiger partial charge in [0, 0.05) is 6.61 Å². The van der Waals surface area contributed by atoms with Crippen LogP contribution < -0.4 is 0 Å². The lowest BCUT2D eigenvalue weighted by Gasteiger charge is -1.83. The second kappa shape index (κ2) is 4.33. The molecule has 0 radical (unpaired) electrons. The van der Waals surface area contributed by atoms with E-state index < -0.39 is 0 Å². The summed E-state index contributed by atoms with van der Waals surface area (Å²) in [7, 11) is 0. The summed E-state index contributed by atoms with van der Waals surface area (Å²) >= 11 is 0. The van der Waals surface area contributed by atoms with Crippen LogP contribution in [0.2, 0.25) is 0 Å². The van der Waals surface area contributed by atoms with Gasteiger partial charge in [0.05, 0.1) is 0 Å². The smallest absolute Gasteiger partial charge is 0.184 e. The lowest BCUT2D eigenvalue weighted by atomic mass is 10.4. The van der Waals surface area contributed by atoms with Gasteiger partial charge >= 0.3 is 0 Å². The van der Waals surface area contributed by atoms with Gasteiger partial charge in [-0.15, -0.1) is 0 Å². The highest BCUT2D eigenvalue weighted by Crippen LogP contribution is 1.84. The van der Waals surface area contributed by atoms with Gasteiger partial charge in [0.1, 0.15) is 0 Å². The fourth-order valence-corrected chi connectivity index (χ4v) is 0.261. The molecule has 0 saturated carbocycles. The van der Waals surface area contributed by atoms with E-state index >= 15 is 0 Å². The molecule has 0 aliphatic carbocycles. The highest BCUT2D eigenvalue weighted by Gasteiger charge is 1.83. The average molecular weight is 116 g/mol. The highest BCUT2D eigenvalue weighted by molar-refractivity contribution is 5.69. The number of aldehydes is 1. The Kier molecular flexibility index (Phi) is 3.88. The molecule has 3 nitrogen and oxygen atoms in total. The summed E-state index contributed by atoms with van der Waals surface area (Å²) in [6.45, 7) is -0.0437. The lowest BCUT2D eigenvalue weighted by Crippen LogP contribution is -1.83. The number of aliphatic hydroxyl groups is 2. The molecule has 46 valence electrons. The van der Waals surface area contributed by atoms with Crippen molar-refractivity contribution in [3.63, 3.8) is 0 Å². The predicted octanol–water partition coefficient (Wildman–Crippen LogP) is 0.00960. The molecular weight excluding hydrogens is 108 g/mol. The number of aliphatic hydroxyl groups excluding tert-OH is 2. The first kappa shape index (κ1) is 7.17. The van der Waals surface area contributed by atoms with Crippen LogP contribution in [0, 0.1) is 0 Å². The van der Waals surface area contributed by atoms with Crippen LogP contribution in [0.1, 0.15) is 6.42 Å². The largest absolute Gasteiger partial charge is 0.505 e. The number of carbonyl (C=O) groups is 1. The molecule has 3 heteroatoms. The van der Waals surface area contributed by atoms with Gasteiger partial charge in [0.2, 0.25) is 0 Å². The lowest BCUT2D eigenvalue weighted by molar-refractivity contribution is -0.107. The highest BCUT2D eigenvalue weighted by atomic mass is 16.3. The first-order valence-electron chi connectivity index (χ1n) is 2.26. The Balaban J connectivity index is 3.40. The molecule has 0 spiro atoms. The normalized spacial score (nSPS) is 11.4. The van der Waals surface area contributed by atoms with Gasteiger partial charge in [0.15, 0.2) is 12.0 Å². The molecule has 0 rings (SSSR count). The van der Waals surface area contributed by atoms with E-state index in [9.17, 15) is 4.79 Å². The fraction of sp³-hybridized carbons (Fsp3) is 0.400. The summed E-state index contributed by atoms with van der Waals surface area (Å²) in [5.74, 6) is -0.320. The minimum absolute atomic E-state index is 0.0437. The second-order valence-corrected chi connectivity index (χ2v) is 1.26. The molecule has 0 heterocycles. The quantitative estimate of drug-likeness (QED) is 0.310. The van der Waals surface area contributed by atoms with E-state index in [-0.39, 0.29) is 12.4 Å². The average Bonchev–Trinajstić information content (AvgIpc) is 1.83. The summed E-state index contributed by atoms with van der Waals surface area (Å²) in [5.41, 5.74) is 0. The van der Waals surface area contributed by atoms with Crippen molar-refractivity contribution in [3.8, 4) is 0 Å². The maximum Gasteiger partial charge on any atom is 0.184 e. The predicted molar refractivity (Wildman–Crippen MR) is 28.5 cm³/mol. The minimum atomic E-state index is -0.320. The zero-order valence-electron chi connectivity index (χ0n) is 4.37. The third-order valence-corrected chi connectivity index (χ3v) is 0.603. The van der Waals surface area contributed by atoms with Gasteiger partial charge < -0.3 is 10.2 Å². The van der Waals surface area contributed by atoms with Crippen molar-refractivity contribution in [2.75, 3.05) is 6.61 Å². The molecule has 0 aromatic rings. The molecule has 0 bridgehead atoms. The maximum absolute atomic E-state index is 9.61. The number of rotatable bonds is 3. The molecule has 8 heavy (non-hydrogen) atoms. The summed E-state index contributed by atoms with van der Waals surface area (Å²) in [6, 6.07) is 0. The van der Waals surface area contributed by atoms with Crippen LogP contribution in [0.3, 0.4) is 0 Å². The van der Waals surface area contributed by atoms with Crippen LogP contribution in [0.25, 0.3) is 0 Å². The van der Waals surface area contributed by atoms with Crippen molar-refractivity contribution in [2.24, 2.45) is 0 Å². The van der Waals surface area contributed by atoms with Gasteiger partial charge in [-0.25, -0.2) is 0 Å². The minimum Gasteiger partial charge on any atom is -0.505 e. The number of carbonyl (C=O) groups excluding carboxylic acids is 1. The molecule has 0 unspecified atom stereocenters. The Morgan fingerprint density at radius 1 is 1.62 bits per heavy atom. The Bertz CT molecular complexity index is 95.8. The van der Waals surface area contributed by atoms with E-state index in [4.69, 9.17) is 10.2 Å². The second-order valence-electron chi connectivity index (χ2n) is 1.26. The van der Waals surface area contributed by atoms with Crippen molar-refractivity contribution in [2.45, 2.75) is 6.42 Å². The molecule has 0 amide bonds. The van der Waals surface area contributed by atoms with Crippen LogP contribution in [-0.4, -0.2) is 23.1 Å². The first-order valence-corrected chi connectivity index (χ1v) is 2.26. The number of hydrogen-bond acceptors (Lipinski definition) is 3. The number of allylic oxidation sites excluding steroid dienone is 1. The Hall–Kier alpha value is -0.830. The van der Waals surface area contributed by atoms with Crippen LogP contribution in [0.5, 0.6) is 0 Å².